The molecule has 12 amide bonds. The molecule has 0 aromatic carbocycles. The minimum Gasteiger partial charge on any atom is -0.347 e. The first-order valence-corrected chi connectivity index (χ1v) is 37.9. The van der Waals surface area contributed by atoms with Gasteiger partial charge in [-0.2, -0.15) is 26.3 Å². The Morgan fingerprint density at radius 1 is 0.613 bits per heavy atom. The smallest absolute Gasteiger partial charge is 0.347 e. The van der Waals surface area contributed by atoms with E-state index in [2.05, 4.69) is 16.0 Å². The Kier molecular flexibility index (Phi) is 31.3. The average molecular weight is 1540 g/mol. The normalized spacial score (nSPS) is 30.5. The number of carbonyl (C=O) groups is 12. The number of halogens is 9. The van der Waals surface area contributed by atoms with Crippen LogP contribution >= 0.6 is 11.6 Å². The fraction of sp³-hybridized carbons (Fsp3) is 0.833. The summed E-state index contributed by atoms with van der Waals surface area (Å²) in [6.07, 6.45) is -8.16. The molecule has 3 heterocycles. The van der Waals surface area contributed by atoms with Gasteiger partial charge in [0.25, 0.3) is 5.92 Å². The number of rotatable bonds is 15. The molecule has 6 aliphatic rings. The third-order valence-corrected chi connectivity index (χ3v) is 23.5. The third kappa shape index (κ3) is 22.7. The van der Waals surface area contributed by atoms with Gasteiger partial charge in [0.1, 0.15) is 60.4 Å². The highest BCUT2D eigenvalue weighted by molar-refractivity contribution is 6.21. The largest absolute Gasteiger partial charge is 0.393 e. The molecular weight excluding hydrogens is 1430 g/mol. The maximum absolute atomic E-state index is 15.4. The number of nitrogens with zero attached hydrogens (tertiary/aromatic N) is 10. The van der Waals surface area contributed by atoms with E-state index in [1.165, 1.54) is 71.0 Å². The van der Waals surface area contributed by atoms with Crippen molar-refractivity contribution in [2.75, 3.05) is 96.2 Å². The summed E-state index contributed by atoms with van der Waals surface area (Å²) >= 11 is 6.35. The SMILES string of the molecule is CC[C@H](C)[C@@H]1NC(=O)[C@H](CC(C)C)N(C)C(=O)C[C@@H](C(=O)N(C)C)N(C)C(=O)[C@H](C2CCCC2)N(C)C(=O)[C@H](CC(F)(F)F)NC(=O)[C@H](CCN2CC(F)(F)C2)N(C)C(=O)[C@H](CCC2CCC(C(F)(F)F)C(Cl)C2)NC(=O)CN(C)C(=O)[C@H](CC2CCCCC2)N(C)C(=O)[C@@H]2CCN2C(=O)[C@H](C)N(C)C1=O. The molecule has 0 radical (unpaired) electrons. The van der Waals surface area contributed by atoms with Crippen LogP contribution < -0.4 is 16.0 Å². The Morgan fingerprint density at radius 2 is 1.20 bits per heavy atom. The molecule has 6 rings (SSSR count). The number of carbonyl (C=O) groups excluding carboxylic acids is 12. The van der Waals surface area contributed by atoms with E-state index in [0.29, 0.717) is 32.1 Å². The van der Waals surface area contributed by atoms with Crippen LogP contribution in [0, 0.1) is 35.5 Å². The molecule has 0 aromatic heterocycles. The minimum atomic E-state index is -5.24. The van der Waals surface area contributed by atoms with Crippen molar-refractivity contribution in [2.24, 2.45) is 35.5 Å². The molecule has 602 valence electrons. The monoisotopic (exact) mass is 1540 g/mol. The number of likely N-dealkylation sites (N-methyl/N-ethyl adjacent to an activating group) is 8. The summed E-state index contributed by atoms with van der Waals surface area (Å²) in [5.74, 6) is -18.4. The van der Waals surface area contributed by atoms with Crippen LogP contribution in [0.25, 0.3) is 0 Å². The summed E-state index contributed by atoms with van der Waals surface area (Å²) in [6, 6.07) is -15.8. The first-order chi connectivity index (χ1) is 49.3. The van der Waals surface area contributed by atoms with E-state index in [9.17, 15) is 55.5 Å². The fourth-order valence-electron chi connectivity index (χ4n) is 15.9. The summed E-state index contributed by atoms with van der Waals surface area (Å²) in [5.41, 5.74) is 0. The highest BCUT2D eigenvalue weighted by atomic mass is 35.5. The molecule has 106 heavy (non-hydrogen) atoms. The van der Waals surface area contributed by atoms with Crippen molar-refractivity contribution in [1.82, 2.24) is 64.9 Å². The highest BCUT2D eigenvalue weighted by Crippen LogP contribution is 2.44. The van der Waals surface area contributed by atoms with E-state index in [-0.39, 0.29) is 89.1 Å². The quantitative estimate of drug-likeness (QED) is 0.128. The van der Waals surface area contributed by atoms with Crippen LogP contribution in [0.4, 0.5) is 35.1 Å². The van der Waals surface area contributed by atoms with Crippen LogP contribution in [0.3, 0.4) is 0 Å². The van der Waals surface area contributed by atoms with E-state index in [1.54, 1.807) is 27.7 Å². The number of likely N-dealkylation sites (tertiary alicyclic amines) is 1. The summed E-state index contributed by atoms with van der Waals surface area (Å²) in [6.45, 7) is 5.81. The first kappa shape index (κ1) is 88.2. The molecule has 6 fully saturated rings. The van der Waals surface area contributed by atoms with Crippen molar-refractivity contribution in [3.63, 3.8) is 0 Å². The third-order valence-electron chi connectivity index (χ3n) is 23.0. The van der Waals surface area contributed by atoms with Crippen molar-refractivity contribution in [2.45, 2.75) is 254 Å². The molecule has 3 aliphatic carbocycles. The van der Waals surface area contributed by atoms with Crippen molar-refractivity contribution < 1.29 is 92.7 Å². The van der Waals surface area contributed by atoms with Gasteiger partial charge < -0.3 is 60.0 Å². The van der Waals surface area contributed by atoms with Gasteiger partial charge in [-0.1, -0.05) is 79.1 Å². The maximum atomic E-state index is 15.4. The molecule has 25 nitrogen and oxygen atoms in total. The second kappa shape index (κ2) is 37.6. The summed E-state index contributed by atoms with van der Waals surface area (Å²) in [7, 11) is 11.3. The molecule has 0 bridgehead atoms. The van der Waals surface area contributed by atoms with Crippen LogP contribution in [-0.4, -0.2) is 300 Å². The van der Waals surface area contributed by atoms with Crippen LogP contribution in [0.5, 0.6) is 0 Å². The van der Waals surface area contributed by atoms with Gasteiger partial charge in [0, 0.05) is 81.9 Å². The zero-order valence-electron chi connectivity index (χ0n) is 64.0. The Morgan fingerprint density at radius 3 is 1.74 bits per heavy atom. The highest BCUT2D eigenvalue weighted by Gasteiger charge is 2.51. The number of hydrogen-bond acceptors (Lipinski definition) is 13. The lowest BCUT2D eigenvalue weighted by molar-refractivity contribution is -0.182. The minimum absolute atomic E-state index is 0.00604. The van der Waals surface area contributed by atoms with Gasteiger partial charge in [-0.15, -0.1) is 11.6 Å². The van der Waals surface area contributed by atoms with E-state index < -0.39 is 218 Å². The summed E-state index contributed by atoms with van der Waals surface area (Å²) in [4.78, 5) is 189. The van der Waals surface area contributed by atoms with Crippen molar-refractivity contribution in [1.29, 1.82) is 0 Å². The van der Waals surface area contributed by atoms with E-state index in [1.807, 2.05) is 0 Å². The Bertz CT molecular complexity index is 3120. The molecular formula is C72H114ClF8N13O12. The van der Waals surface area contributed by atoms with Crippen molar-refractivity contribution in [3.8, 4) is 0 Å². The van der Waals surface area contributed by atoms with Gasteiger partial charge >= 0.3 is 12.4 Å². The first-order valence-electron chi connectivity index (χ1n) is 37.4. The summed E-state index contributed by atoms with van der Waals surface area (Å²) in [5, 5.41) is 6.23. The predicted molar refractivity (Wildman–Crippen MR) is 376 cm³/mol. The van der Waals surface area contributed by atoms with Crippen LogP contribution in [-0.2, 0) is 57.5 Å². The summed E-state index contributed by atoms with van der Waals surface area (Å²) < 4.78 is 116. The van der Waals surface area contributed by atoms with E-state index in [4.69, 9.17) is 11.6 Å². The number of alkyl halides is 9. The maximum Gasteiger partial charge on any atom is 0.393 e. The molecule has 0 aromatic rings. The molecule has 34 heteroatoms. The number of nitrogens with one attached hydrogen (secondary N) is 3. The van der Waals surface area contributed by atoms with E-state index >= 15 is 37.1 Å². The average Bonchev–Trinajstić information content (AvgIpc) is 0.783. The van der Waals surface area contributed by atoms with Gasteiger partial charge in [0.15, 0.2) is 0 Å². The number of fused-ring (bicyclic) bond motifs is 1. The lowest BCUT2D eigenvalue weighted by atomic mass is 9.78. The van der Waals surface area contributed by atoms with E-state index in [0.717, 1.165) is 67.7 Å². The van der Waals surface area contributed by atoms with Crippen LogP contribution in [0.1, 0.15) is 169 Å². The standard InChI is InChI=1S/C72H114ClF8N13O12/c1-15-42(4)58-68(105)87(9)43(5)62(99)94-32-30-52(94)67(104)90(12)54(35-44-21-17-16-18-22-44)66(103)86(8)38-56(95)82-49(28-26-45-25-27-47(48(73)34-45)72(79,80)81)63(100)89(11)51(29-31-93-39-70(74,75)40-93)60(97)83-50(37-71(76,77)78)64(101)92(14)59(46-23-19-20-24-46)69(106)91(13)55(65(102)85(6)7)36-57(96)88(10)53(33-41(2)3)61(98)84-58/h41-55,58-59H,15-40H2,1-14H3,(H,82,95)(H,83,97)(H,84,98)/t42-,43-,45?,47?,48?,49-,50-,51-,52-,53-,54-,55-,58-,59-/m0/s1. The second-order valence-corrected chi connectivity index (χ2v) is 32.0. The Balaban J connectivity index is 1.48. The van der Waals surface area contributed by atoms with Gasteiger partial charge in [-0.3, -0.25) is 62.4 Å². The molecule has 3 unspecified atom stereocenters. The zero-order valence-corrected chi connectivity index (χ0v) is 64.7. The number of hydrogen-bond donors (Lipinski definition) is 3. The Hall–Kier alpha value is -6.67. The molecule has 3 aliphatic heterocycles. The number of amides is 12. The topological polar surface area (TPSA) is 273 Å². The van der Waals surface area contributed by atoms with Crippen LogP contribution in [0.15, 0.2) is 0 Å². The fourth-order valence-corrected chi connectivity index (χ4v) is 16.4. The Labute approximate surface area is 622 Å². The molecule has 3 saturated heterocycles. The van der Waals surface area contributed by atoms with Gasteiger partial charge in [-0.05, 0) is 107 Å². The van der Waals surface area contributed by atoms with Gasteiger partial charge in [-0.25, -0.2) is 8.78 Å². The predicted octanol–water partition coefficient (Wildman–Crippen LogP) is 5.89. The van der Waals surface area contributed by atoms with Crippen molar-refractivity contribution in [3.05, 3.63) is 0 Å². The second-order valence-electron chi connectivity index (χ2n) is 31.5. The molecule has 14 atom stereocenters. The van der Waals surface area contributed by atoms with Gasteiger partial charge in [0.05, 0.1) is 38.4 Å². The van der Waals surface area contributed by atoms with Crippen molar-refractivity contribution >= 4 is 82.5 Å². The molecule has 3 saturated carbocycles. The van der Waals surface area contributed by atoms with Gasteiger partial charge in [0.2, 0.25) is 70.9 Å². The lowest BCUT2D eigenvalue weighted by Crippen LogP contribution is -2.65. The van der Waals surface area contributed by atoms with Crippen LogP contribution in [0.2, 0.25) is 0 Å². The zero-order chi connectivity index (χ0) is 79.5. The molecule has 0 spiro atoms. The molecule has 3 N–H and O–H groups in total. The lowest BCUT2D eigenvalue weighted by Gasteiger charge is -2.45.